The van der Waals surface area contributed by atoms with Crippen LogP contribution in [0.25, 0.3) is 33.3 Å². The molecule has 0 fully saturated rings. The highest BCUT2D eigenvalue weighted by molar-refractivity contribution is 5.96. The molecule has 0 amide bonds. The van der Waals surface area contributed by atoms with Gasteiger partial charge in [-0.05, 0) is 72.1 Å². The van der Waals surface area contributed by atoms with Crippen molar-refractivity contribution in [2.75, 3.05) is 0 Å². The maximum Gasteiger partial charge on any atom is 0.160 e. The van der Waals surface area contributed by atoms with Gasteiger partial charge in [-0.1, -0.05) is 18.2 Å². The highest BCUT2D eigenvalue weighted by atomic mass is 16.3. The number of nitrogens with zero attached hydrogens (tertiary/aromatic N) is 6. The van der Waals surface area contributed by atoms with E-state index in [1.165, 1.54) is 6.07 Å². The first kappa shape index (κ1) is 21.4. The molecule has 0 radical (unpaired) electrons. The highest BCUT2D eigenvalue weighted by Crippen LogP contribution is 2.37. The van der Waals surface area contributed by atoms with E-state index in [9.17, 15) is 10.2 Å². The van der Waals surface area contributed by atoms with E-state index in [-0.39, 0.29) is 11.5 Å². The zero-order chi connectivity index (χ0) is 24.5. The largest absolute Gasteiger partial charge is 0.508 e. The van der Waals surface area contributed by atoms with E-state index in [2.05, 4.69) is 24.8 Å². The van der Waals surface area contributed by atoms with Crippen LogP contribution in [-0.2, 0) is 6.54 Å². The Morgan fingerprint density at radius 3 is 2.44 bits per heavy atom. The topological polar surface area (TPSA) is 109 Å². The van der Waals surface area contributed by atoms with Gasteiger partial charge in [0.2, 0.25) is 0 Å². The van der Waals surface area contributed by atoms with Crippen LogP contribution < -0.4 is 0 Å². The van der Waals surface area contributed by atoms with Crippen LogP contribution in [0.4, 0.5) is 11.4 Å². The number of hydrogen-bond donors (Lipinski definition) is 2. The summed E-state index contributed by atoms with van der Waals surface area (Å²) >= 11 is 0. The Labute approximate surface area is 205 Å². The normalized spacial score (nSPS) is 11.6. The Kier molecular flexibility index (Phi) is 5.31. The van der Waals surface area contributed by atoms with Crippen molar-refractivity contribution < 1.29 is 10.2 Å². The summed E-state index contributed by atoms with van der Waals surface area (Å²) in [5, 5.41) is 30.3. The molecule has 0 unspecified atom stereocenters. The molecule has 0 spiro atoms. The van der Waals surface area contributed by atoms with E-state index < -0.39 is 0 Å². The fourth-order valence-electron chi connectivity index (χ4n) is 4.19. The molecule has 8 nitrogen and oxygen atoms in total. The lowest BCUT2D eigenvalue weighted by molar-refractivity contribution is 0.474. The van der Waals surface area contributed by atoms with Crippen LogP contribution in [0, 0.1) is 0 Å². The third kappa shape index (κ3) is 4.01. The molecule has 6 rings (SSSR count). The number of hydrogen-bond acceptors (Lipinski definition) is 7. The number of azo groups is 1. The van der Waals surface area contributed by atoms with Crippen LogP contribution in [0.1, 0.15) is 5.69 Å². The predicted octanol–water partition coefficient (Wildman–Crippen LogP) is 6.52. The van der Waals surface area contributed by atoms with Gasteiger partial charge >= 0.3 is 0 Å². The second-order valence-electron chi connectivity index (χ2n) is 8.27. The Morgan fingerprint density at radius 2 is 1.64 bits per heavy atom. The Balaban J connectivity index is 1.43. The van der Waals surface area contributed by atoms with Crippen LogP contribution >= 0.6 is 0 Å². The van der Waals surface area contributed by atoms with Crippen molar-refractivity contribution in [1.29, 1.82) is 0 Å². The van der Waals surface area contributed by atoms with Crippen LogP contribution in [-0.4, -0.2) is 29.7 Å². The molecule has 0 saturated carbocycles. The van der Waals surface area contributed by atoms with E-state index >= 15 is 0 Å². The van der Waals surface area contributed by atoms with Gasteiger partial charge in [-0.15, -0.1) is 5.11 Å². The number of fused-ring (bicyclic) bond motifs is 2. The molecule has 3 heterocycles. The van der Waals surface area contributed by atoms with Gasteiger partial charge in [0.05, 0.1) is 29.0 Å². The molecule has 36 heavy (non-hydrogen) atoms. The van der Waals surface area contributed by atoms with Gasteiger partial charge in [-0.25, -0.2) is 4.98 Å². The maximum atomic E-state index is 10.4. The zero-order valence-corrected chi connectivity index (χ0v) is 19.0. The number of aromatic hydroxyl groups is 2. The van der Waals surface area contributed by atoms with Gasteiger partial charge in [0, 0.05) is 17.8 Å². The second kappa shape index (κ2) is 8.92. The summed E-state index contributed by atoms with van der Waals surface area (Å²) in [6.45, 7) is 0.542. The summed E-state index contributed by atoms with van der Waals surface area (Å²) in [4.78, 5) is 13.8. The second-order valence-corrected chi connectivity index (χ2v) is 8.27. The van der Waals surface area contributed by atoms with Crippen LogP contribution in [0.3, 0.4) is 0 Å². The first-order chi connectivity index (χ1) is 17.7. The standard InChI is InChI=1S/C28H20N6O2/c35-21-9-10-22-18(15-21)7-12-26(36)27(22)33-32-19-8-11-25-24(16-19)31-28(23-6-2-4-14-30-23)34(25)17-20-5-1-3-13-29-20/h1-16,35-36H,17H2. The molecule has 0 saturated heterocycles. The average molecular weight is 473 g/mol. The summed E-state index contributed by atoms with van der Waals surface area (Å²) in [7, 11) is 0. The number of rotatable bonds is 5. The average Bonchev–Trinajstić information content (AvgIpc) is 3.26. The van der Waals surface area contributed by atoms with Gasteiger partial charge < -0.3 is 14.8 Å². The molecule has 0 aliphatic heterocycles. The third-order valence-corrected chi connectivity index (χ3v) is 5.89. The van der Waals surface area contributed by atoms with E-state index in [0.29, 0.717) is 23.3 Å². The molecule has 6 aromatic rings. The molecule has 0 aliphatic carbocycles. The summed E-state index contributed by atoms with van der Waals surface area (Å²) in [5.41, 5.74) is 4.26. The molecular formula is C28H20N6O2. The fourth-order valence-corrected chi connectivity index (χ4v) is 4.19. The molecule has 3 aromatic carbocycles. The van der Waals surface area contributed by atoms with Gasteiger partial charge in [-0.2, -0.15) is 5.11 Å². The summed E-state index contributed by atoms with van der Waals surface area (Å²) in [6, 6.07) is 25.4. The molecule has 8 heteroatoms. The van der Waals surface area contributed by atoms with Gasteiger partial charge in [0.15, 0.2) is 5.82 Å². The number of aromatic nitrogens is 4. The van der Waals surface area contributed by atoms with Crippen molar-refractivity contribution in [2.24, 2.45) is 10.2 Å². The van der Waals surface area contributed by atoms with Crippen LogP contribution in [0.5, 0.6) is 11.5 Å². The lowest BCUT2D eigenvalue weighted by atomic mass is 10.1. The lowest BCUT2D eigenvalue weighted by Gasteiger charge is -2.08. The Morgan fingerprint density at radius 1 is 0.778 bits per heavy atom. The minimum atomic E-state index is 0.00935. The number of phenolic OH excluding ortho intramolecular Hbond substituents is 2. The SMILES string of the molecule is Oc1ccc2c(N=Nc3ccc4c(c3)nc(-c3ccccn3)n4Cc3ccccn3)c(O)ccc2c1. The quantitative estimate of drug-likeness (QED) is 0.278. The number of benzene rings is 3. The van der Waals surface area contributed by atoms with Crippen molar-refractivity contribution >= 4 is 33.2 Å². The van der Waals surface area contributed by atoms with E-state index in [4.69, 9.17) is 4.98 Å². The smallest absolute Gasteiger partial charge is 0.160 e. The van der Waals surface area contributed by atoms with Crippen molar-refractivity contribution in [3.8, 4) is 23.0 Å². The van der Waals surface area contributed by atoms with Crippen molar-refractivity contribution in [3.05, 3.63) is 103 Å². The number of imidazole rings is 1. The molecule has 0 atom stereocenters. The first-order valence-electron chi connectivity index (χ1n) is 11.3. The van der Waals surface area contributed by atoms with Crippen LogP contribution in [0.2, 0.25) is 0 Å². The summed E-state index contributed by atoms with van der Waals surface area (Å²) in [5.74, 6) is 0.887. The van der Waals surface area contributed by atoms with E-state index in [1.807, 2.05) is 54.6 Å². The molecular weight excluding hydrogens is 452 g/mol. The van der Waals surface area contributed by atoms with Gasteiger partial charge in [0.25, 0.3) is 0 Å². The van der Waals surface area contributed by atoms with Crippen molar-refractivity contribution in [3.63, 3.8) is 0 Å². The van der Waals surface area contributed by atoms with Crippen molar-refractivity contribution in [1.82, 2.24) is 19.5 Å². The molecule has 2 N–H and O–H groups in total. The molecule has 3 aromatic heterocycles. The molecule has 0 bridgehead atoms. The predicted molar refractivity (Wildman–Crippen MR) is 138 cm³/mol. The number of phenols is 2. The minimum absolute atomic E-state index is 0.00935. The number of pyridine rings is 2. The fraction of sp³-hybridized carbons (Fsp3) is 0.0357. The lowest BCUT2D eigenvalue weighted by Crippen LogP contribution is -2.04. The third-order valence-electron chi connectivity index (χ3n) is 5.89. The van der Waals surface area contributed by atoms with E-state index in [0.717, 1.165) is 33.6 Å². The molecule has 0 aliphatic rings. The van der Waals surface area contributed by atoms with Gasteiger partial charge in [-0.3, -0.25) is 9.97 Å². The van der Waals surface area contributed by atoms with Crippen molar-refractivity contribution in [2.45, 2.75) is 6.54 Å². The maximum absolute atomic E-state index is 10.4. The summed E-state index contributed by atoms with van der Waals surface area (Å²) in [6.07, 6.45) is 3.52. The highest BCUT2D eigenvalue weighted by Gasteiger charge is 2.15. The molecule has 174 valence electrons. The summed E-state index contributed by atoms with van der Waals surface area (Å²) < 4.78 is 2.09. The minimum Gasteiger partial charge on any atom is -0.508 e. The Bertz CT molecular complexity index is 1730. The van der Waals surface area contributed by atoms with E-state index in [1.54, 1.807) is 36.7 Å². The van der Waals surface area contributed by atoms with Crippen LogP contribution in [0.15, 0.2) is 108 Å². The monoisotopic (exact) mass is 472 g/mol. The first-order valence-corrected chi connectivity index (χ1v) is 11.3. The van der Waals surface area contributed by atoms with Gasteiger partial charge in [0.1, 0.15) is 22.9 Å². The Hall–Kier alpha value is -5.11. The zero-order valence-electron chi connectivity index (χ0n) is 19.0.